The number of carbonyl (C=O) groups is 2. The zero-order chi connectivity index (χ0) is 23.4. The Kier molecular flexibility index (Phi) is 4.76. The third kappa shape index (κ3) is 3.47. The van der Waals surface area contributed by atoms with Crippen LogP contribution in [0.5, 0.6) is 0 Å². The summed E-state index contributed by atoms with van der Waals surface area (Å²) in [5.41, 5.74) is 4.76. The second kappa shape index (κ2) is 7.22. The lowest BCUT2D eigenvalue weighted by atomic mass is 10.1. The summed E-state index contributed by atoms with van der Waals surface area (Å²) < 4.78 is 41.2. The maximum absolute atomic E-state index is 13.4. The highest BCUT2D eigenvalue weighted by atomic mass is 19.4. The van der Waals surface area contributed by atoms with Crippen LogP contribution in [0.4, 0.5) is 24.8 Å². The Morgan fingerprint density at radius 3 is 2.41 bits per heavy atom. The summed E-state index contributed by atoms with van der Waals surface area (Å²) in [5.74, 6) is -1.61. The zero-order valence-electron chi connectivity index (χ0n) is 16.8. The first kappa shape index (κ1) is 21.1. The fraction of sp³-hybridized carbons (Fsp3) is 0.143. The van der Waals surface area contributed by atoms with Crippen LogP contribution in [0.3, 0.4) is 0 Å². The number of imide groups is 1. The highest BCUT2D eigenvalue weighted by molar-refractivity contribution is 6.23. The van der Waals surface area contributed by atoms with E-state index in [1.54, 1.807) is 14.1 Å². The molecule has 2 aromatic heterocycles. The molecule has 11 heteroatoms. The second-order valence-corrected chi connectivity index (χ2v) is 7.32. The number of nitrogen functional groups attached to an aromatic ring is 1. The molecule has 1 aliphatic rings. The number of nitrogens with zero attached hydrogens (tertiary/aromatic N) is 3. The number of benzene rings is 1. The molecule has 0 bridgehead atoms. The molecule has 0 atom stereocenters. The molecule has 0 fully saturated rings. The van der Waals surface area contributed by atoms with Crippen LogP contribution >= 0.6 is 0 Å². The molecule has 8 nitrogen and oxygen atoms in total. The van der Waals surface area contributed by atoms with Gasteiger partial charge in [0, 0.05) is 25.7 Å². The summed E-state index contributed by atoms with van der Waals surface area (Å²) in [6.07, 6.45) is -4.58. The molecule has 2 amide bonds. The zero-order valence-corrected chi connectivity index (χ0v) is 16.8. The third-order valence-electron chi connectivity index (χ3n) is 4.95. The fourth-order valence-electron chi connectivity index (χ4n) is 3.41. The second-order valence-electron chi connectivity index (χ2n) is 7.32. The molecule has 3 heterocycles. The van der Waals surface area contributed by atoms with Gasteiger partial charge in [0.1, 0.15) is 11.6 Å². The van der Waals surface area contributed by atoms with Crippen LogP contribution in [0.25, 0.3) is 16.9 Å². The number of nitrogens with one attached hydrogen (secondary N) is 1. The number of amides is 2. The van der Waals surface area contributed by atoms with Gasteiger partial charge in [-0.2, -0.15) is 13.2 Å². The Bertz CT molecular complexity index is 1350. The highest BCUT2D eigenvalue weighted by Crippen LogP contribution is 2.34. The minimum atomic E-state index is -4.58. The molecule has 1 aromatic carbocycles. The van der Waals surface area contributed by atoms with Gasteiger partial charge >= 0.3 is 6.18 Å². The van der Waals surface area contributed by atoms with Crippen molar-refractivity contribution in [3.63, 3.8) is 0 Å². The smallest absolute Gasteiger partial charge is 0.384 e. The van der Waals surface area contributed by atoms with E-state index in [2.05, 4.69) is 10.3 Å². The van der Waals surface area contributed by atoms with E-state index < -0.39 is 29.1 Å². The normalized spacial score (nSPS) is 13.2. The molecular formula is C21H16F3N5O3. The van der Waals surface area contributed by atoms with Crippen molar-refractivity contribution in [3.05, 3.63) is 69.5 Å². The predicted octanol–water partition coefficient (Wildman–Crippen LogP) is 2.45. The Hall–Kier alpha value is -4.15. The molecule has 0 spiro atoms. The average molecular weight is 443 g/mol. The molecule has 164 valence electrons. The van der Waals surface area contributed by atoms with Gasteiger partial charge in [0.2, 0.25) is 0 Å². The predicted molar refractivity (Wildman–Crippen MR) is 111 cm³/mol. The van der Waals surface area contributed by atoms with Crippen molar-refractivity contribution in [2.75, 3.05) is 24.7 Å². The molecule has 0 aliphatic carbocycles. The standard InChI is InChI=1S/C21H16F3N5O3/c1-28(2)15-8-11(21(22,23)24)7-14(26-15)10-4-3-5-12(6-10)29-16(30)9-13-17(18(29)25)20(32)27-19(13)31/h3-9H,25H2,1-2H3,(H,27,31,32). The lowest BCUT2D eigenvalue weighted by Crippen LogP contribution is -2.24. The molecule has 3 aromatic rings. The van der Waals surface area contributed by atoms with Crippen LogP contribution in [0.15, 0.2) is 47.3 Å². The minimum Gasteiger partial charge on any atom is -0.384 e. The molecule has 0 saturated heterocycles. The largest absolute Gasteiger partial charge is 0.416 e. The molecule has 32 heavy (non-hydrogen) atoms. The number of fused-ring (bicyclic) bond motifs is 1. The maximum atomic E-state index is 13.4. The van der Waals surface area contributed by atoms with Gasteiger partial charge < -0.3 is 10.6 Å². The fourth-order valence-corrected chi connectivity index (χ4v) is 3.41. The summed E-state index contributed by atoms with van der Waals surface area (Å²) in [6, 6.07) is 8.83. The summed E-state index contributed by atoms with van der Waals surface area (Å²) in [6.45, 7) is 0. The van der Waals surface area contributed by atoms with Gasteiger partial charge in [-0.25, -0.2) is 4.98 Å². The first-order valence-corrected chi connectivity index (χ1v) is 9.26. The summed E-state index contributed by atoms with van der Waals surface area (Å²) >= 11 is 0. The van der Waals surface area contributed by atoms with Gasteiger partial charge in [-0.15, -0.1) is 0 Å². The first-order valence-electron chi connectivity index (χ1n) is 9.26. The lowest BCUT2D eigenvalue weighted by molar-refractivity contribution is -0.137. The van der Waals surface area contributed by atoms with Crippen LogP contribution < -0.4 is 21.5 Å². The van der Waals surface area contributed by atoms with Crippen molar-refractivity contribution in [1.82, 2.24) is 14.9 Å². The summed E-state index contributed by atoms with van der Waals surface area (Å²) in [5, 5.41) is 2.07. The van der Waals surface area contributed by atoms with Crippen molar-refractivity contribution in [3.8, 4) is 16.9 Å². The van der Waals surface area contributed by atoms with Gasteiger partial charge in [-0.3, -0.25) is 24.3 Å². The molecule has 4 rings (SSSR count). The van der Waals surface area contributed by atoms with Crippen molar-refractivity contribution in [2.45, 2.75) is 6.18 Å². The molecule has 0 unspecified atom stereocenters. The number of aromatic nitrogens is 2. The maximum Gasteiger partial charge on any atom is 0.416 e. The van der Waals surface area contributed by atoms with Crippen LogP contribution in [-0.4, -0.2) is 35.5 Å². The third-order valence-corrected chi connectivity index (χ3v) is 4.95. The number of pyridine rings is 2. The monoisotopic (exact) mass is 443 g/mol. The Labute approximate surface area is 179 Å². The van der Waals surface area contributed by atoms with E-state index in [4.69, 9.17) is 5.73 Å². The number of rotatable bonds is 3. The molecule has 3 N–H and O–H groups in total. The van der Waals surface area contributed by atoms with Gasteiger partial charge in [-0.05, 0) is 24.3 Å². The van der Waals surface area contributed by atoms with E-state index in [0.717, 1.165) is 22.8 Å². The number of hydrogen-bond acceptors (Lipinski definition) is 6. The number of alkyl halides is 3. The number of hydrogen-bond donors (Lipinski definition) is 2. The number of nitrogens with two attached hydrogens (primary N) is 1. The van der Waals surface area contributed by atoms with Gasteiger partial charge in [0.05, 0.1) is 28.1 Å². The van der Waals surface area contributed by atoms with Crippen molar-refractivity contribution >= 4 is 23.5 Å². The van der Waals surface area contributed by atoms with Crippen LogP contribution in [0, 0.1) is 0 Å². The number of anilines is 2. The topological polar surface area (TPSA) is 110 Å². The minimum absolute atomic E-state index is 0.0334. The average Bonchev–Trinajstić information content (AvgIpc) is 3.00. The van der Waals surface area contributed by atoms with E-state index in [0.29, 0.717) is 5.56 Å². The molecule has 1 aliphatic heterocycles. The van der Waals surface area contributed by atoms with Crippen LogP contribution in [-0.2, 0) is 6.18 Å². The Morgan fingerprint density at radius 2 is 1.75 bits per heavy atom. The summed E-state index contributed by atoms with van der Waals surface area (Å²) in [7, 11) is 3.14. The van der Waals surface area contributed by atoms with Gasteiger partial charge in [0.15, 0.2) is 0 Å². The van der Waals surface area contributed by atoms with E-state index in [1.807, 2.05) is 0 Å². The first-order chi connectivity index (χ1) is 15.0. The van der Waals surface area contributed by atoms with E-state index >= 15 is 0 Å². The van der Waals surface area contributed by atoms with E-state index in [9.17, 15) is 27.6 Å². The lowest BCUT2D eigenvalue weighted by Gasteiger charge is -2.17. The molecule has 0 radical (unpaired) electrons. The molecule has 0 saturated carbocycles. The van der Waals surface area contributed by atoms with Crippen LogP contribution in [0.1, 0.15) is 26.3 Å². The quantitative estimate of drug-likeness (QED) is 0.602. The van der Waals surface area contributed by atoms with Crippen LogP contribution in [0.2, 0.25) is 0 Å². The van der Waals surface area contributed by atoms with E-state index in [-0.39, 0.29) is 34.1 Å². The number of carbonyl (C=O) groups excluding carboxylic acids is 2. The van der Waals surface area contributed by atoms with Gasteiger partial charge in [0.25, 0.3) is 17.4 Å². The SMILES string of the molecule is CN(C)c1cc(C(F)(F)F)cc(-c2cccc(-n3c(N)c4c(cc3=O)C(=O)NC4=O)c2)n1. The Morgan fingerprint density at radius 1 is 1.03 bits per heavy atom. The Balaban J connectivity index is 1.90. The van der Waals surface area contributed by atoms with E-state index in [1.165, 1.54) is 29.2 Å². The number of halogens is 3. The highest BCUT2D eigenvalue weighted by Gasteiger charge is 2.33. The van der Waals surface area contributed by atoms with Crippen molar-refractivity contribution in [2.24, 2.45) is 0 Å². The van der Waals surface area contributed by atoms with Crippen molar-refractivity contribution in [1.29, 1.82) is 0 Å². The van der Waals surface area contributed by atoms with Gasteiger partial charge in [-0.1, -0.05) is 12.1 Å². The summed E-state index contributed by atoms with van der Waals surface area (Å²) in [4.78, 5) is 42.3. The molecular weight excluding hydrogens is 427 g/mol. The van der Waals surface area contributed by atoms with Crippen molar-refractivity contribution < 1.29 is 22.8 Å².